The third-order valence-corrected chi connectivity index (χ3v) is 0.801. The lowest BCUT2D eigenvalue weighted by molar-refractivity contribution is -0.166. The van der Waals surface area contributed by atoms with Gasteiger partial charge in [-0.15, -0.1) is 0 Å². The smallest absolute Gasteiger partial charge is 0.332 e. The SMILES string of the molecule is [CH2]COC(C)OC(=O)C=C. The van der Waals surface area contributed by atoms with E-state index in [-0.39, 0.29) is 6.61 Å². The van der Waals surface area contributed by atoms with Crippen molar-refractivity contribution >= 4 is 5.97 Å². The highest BCUT2D eigenvalue weighted by atomic mass is 16.7. The summed E-state index contributed by atoms with van der Waals surface area (Å²) in [5, 5.41) is 0. The predicted molar refractivity (Wildman–Crippen MR) is 37.1 cm³/mol. The van der Waals surface area contributed by atoms with Gasteiger partial charge in [-0.05, 0) is 13.8 Å². The average molecular weight is 143 g/mol. The molecule has 0 N–H and O–H groups in total. The Balaban J connectivity index is 3.46. The quantitative estimate of drug-likeness (QED) is 0.333. The molecule has 0 saturated carbocycles. The summed E-state index contributed by atoms with van der Waals surface area (Å²) in [7, 11) is 0. The van der Waals surface area contributed by atoms with Crippen molar-refractivity contribution in [2.75, 3.05) is 6.61 Å². The zero-order chi connectivity index (χ0) is 7.98. The molecule has 0 spiro atoms. The Labute approximate surface area is 60.6 Å². The summed E-state index contributed by atoms with van der Waals surface area (Å²) in [5.74, 6) is -0.485. The first-order valence-electron chi connectivity index (χ1n) is 2.94. The molecule has 0 aromatic carbocycles. The molecule has 1 radical (unpaired) electrons. The van der Waals surface area contributed by atoms with Gasteiger partial charge in [0.15, 0.2) is 6.29 Å². The van der Waals surface area contributed by atoms with Crippen LogP contribution in [0, 0.1) is 6.92 Å². The lowest BCUT2D eigenvalue weighted by atomic mass is 10.6. The molecule has 3 heteroatoms. The molecule has 0 aliphatic rings. The van der Waals surface area contributed by atoms with Crippen molar-refractivity contribution < 1.29 is 14.3 Å². The number of carbonyl (C=O) groups is 1. The number of hydrogen-bond acceptors (Lipinski definition) is 3. The van der Waals surface area contributed by atoms with E-state index in [1.807, 2.05) is 0 Å². The van der Waals surface area contributed by atoms with Crippen LogP contribution < -0.4 is 0 Å². The van der Waals surface area contributed by atoms with Crippen LogP contribution in [-0.4, -0.2) is 18.9 Å². The Kier molecular flexibility index (Phi) is 4.58. The van der Waals surface area contributed by atoms with E-state index in [2.05, 4.69) is 18.2 Å². The number of carbonyl (C=O) groups excluding carboxylic acids is 1. The minimum Gasteiger partial charge on any atom is -0.433 e. The third-order valence-electron chi connectivity index (χ3n) is 0.801. The van der Waals surface area contributed by atoms with Crippen molar-refractivity contribution in [2.24, 2.45) is 0 Å². The summed E-state index contributed by atoms with van der Waals surface area (Å²) in [6.07, 6.45) is 0.547. The van der Waals surface area contributed by atoms with E-state index in [1.54, 1.807) is 6.92 Å². The lowest BCUT2D eigenvalue weighted by Gasteiger charge is -2.10. The van der Waals surface area contributed by atoms with Crippen LogP contribution in [0.5, 0.6) is 0 Å². The molecule has 0 aromatic heterocycles. The summed E-state index contributed by atoms with van der Waals surface area (Å²) in [5.41, 5.74) is 0. The molecule has 0 aromatic rings. The first kappa shape index (κ1) is 9.17. The fourth-order valence-electron chi connectivity index (χ4n) is 0.412. The average Bonchev–Trinajstić information content (AvgIpc) is 1.88. The zero-order valence-electron chi connectivity index (χ0n) is 6.00. The number of esters is 1. The zero-order valence-corrected chi connectivity index (χ0v) is 6.00. The maximum Gasteiger partial charge on any atom is 0.332 e. The Morgan fingerprint density at radius 2 is 2.40 bits per heavy atom. The second-order valence-electron chi connectivity index (χ2n) is 1.58. The molecule has 0 heterocycles. The van der Waals surface area contributed by atoms with Crippen LogP contribution in [0.3, 0.4) is 0 Å². The second kappa shape index (κ2) is 4.99. The number of ether oxygens (including phenoxy) is 2. The van der Waals surface area contributed by atoms with Gasteiger partial charge < -0.3 is 9.47 Å². The Morgan fingerprint density at radius 1 is 1.80 bits per heavy atom. The maximum atomic E-state index is 10.5. The third kappa shape index (κ3) is 4.09. The normalized spacial score (nSPS) is 12.2. The van der Waals surface area contributed by atoms with Crippen molar-refractivity contribution in [2.45, 2.75) is 13.2 Å². The van der Waals surface area contributed by atoms with Crippen molar-refractivity contribution in [3.05, 3.63) is 19.6 Å². The minimum atomic E-state index is -0.539. The molecule has 0 bridgehead atoms. The molecule has 1 atom stereocenters. The van der Waals surface area contributed by atoms with Gasteiger partial charge >= 0.3 is 5.97 Å². The van der Waals surface area contributed by atoms with E-state index >= 15 is 0 Å². The van der Waals surface area contributed by atoms with Gasteiger partial charge in [0.1, 0.15) is 0 Å². The number of hydrogen-bond donors (Lipinski definition) is 0. The minimum absolute atomic E-state index is 0.283. The second-order valence-corrected chi connectivity index (χ2v) is 1.58. The molecular formula is C7H11O3. The fourth-order valence-corrected chi connectivity index (χ4v) is 0.412. The van der Waals surface area contributed by atoms with Crippen LogP contribution in [0.4, 0.5) is 0 Å². The summed E-state index contributed by atoms with van der Waals surface area (Å²) in [6, 6.07) is 0. The van der Waals surface area contributed by atoms with Crippen LogP contribution in [0.15, 0.2) is 12.7 Å². The summed E-state index contributed by atoms with van der Waals surface area (Å²) in [4.78, 5) is 10.5. The molecule has 57 valence electrons. The van der Waals surface area contributed by atoms with Crippen molar-refractivity contribution in [1.82, 2.24) is 0 Å². The van der Waals surface area contributed by atoms with E-state index < -0.39 is 12.3 Å². The Hall–Kier alpha value is -0.830. The van der Waals surface area contributed by atoms with Crippen LogP contribution in [0.25, 0.3) is 0 Å². The van der Waals surface area contributed by atoms with E-state index in [9.17, 15) is 4.79 Å². The van der Waals surface area contributed by atoms with Crippen molar-refractivity contribution in [3.8, 4) is 0 Å². The molecule has 0 saturated heterocycles. The summed E-state index contributed by atoms with van der Waals surface area (Å²) >= 11 is 0. The van der Waals surface area contributed by atoms with Crippen LogP contribution in [0.1, 0.15) is 6.92 Å². The molecule has 1 unspecified atom stereocenters. The van der Waals surface area contributed by atoms with Gasteiger partial charge in [0.25, 0.3) is 0 Å². The van der Waals surface area contributed by atoms with Gasteiger partial charge in [0, 0.05) is 6.08 Å². The molecular weight excluding hydrogens is 132 g/mol. The Bertz CT molecular complexity index is 120. The standard InChI is InChI=1S/C7H11O3/c1-4-7(8)10-6(3)9-5-2/h4,6H,1-2,5H2,3H3. The summed E-state index contributed by atoms with van der Waals surface area (Å²) in [6.45, 7) is 8.55. The predicted octanol–water partition coefficient (Wildman–Crippen LogP) is 0.912. The van der Waals surface area contributed by atoms with Crippen molar-refractivity contribution in [3.63, 3.8) is 0 Å². The van der Waals surface area contributed by atoms with Gasteiger partial charge in [-0.1, -0.05) is 6.58 Å². The van der Waals surface area contributed by atoms with Gasteiger partial charge in [0.2, 0.25) is 0 Å². The molecule has 0 rings (SSSR count). The first-order valence-corrected chi connectivity index (χ1v) is 2.94. The highest BCUT2D eigenvalue weighted by Gasteiger charge is 2.03. The highest BCUT2D eigenvalue weighted by molar-refractivity contribution is 5.81. The van der Waals surface area contributed by atoms with E-state index in [1.165, 1.54) is 0 Å². The van der Waals surface area contributed by atoms with Crippen LogP contribution >= 0.6 is 0 Å². The maximum absolute atomic E-state index is 10.5. The summed E-state index contributed by atoms with van der Waals surface area (Å²) < 4.78 is 9.43. The monoisotopic (exact) mass is 143 g/mol. The van der Waals surface area contributed by atoms with Gasteiger partial charge in [-0.3, -0.25) is 0 Å². The topological polar surface area (TPSA) is 35.5 Å². The van der Waals surface area contributed by atoms with Crippen molar-refractivity contribution in [1.29, 1.82) is 0 Å². The molecule has 0 fully saturated rings. The van der Waals surface area contributed by atoms with E-state index in [0.29, 0.717) is 0 Å². The molecule has 0 aliphatic heterocycles. The lowest BCUT2D eigenvalue weighted by Crippen LogP contribution is -2.16. The molecule has 10 heavy (non-hydrogen) atoms. The largest absolute Gasteiger partial charge is 0.433 e. The van der Waals surface area contributed by atoms with Crippen LogP contribution in [0.2, 0.25) is 0 Å². The molecule has 3 nitrogen and oxygen atoms in total. The molecule has 0 aliphatic carbocycles. The molecule has 0 amide bonds. The van der Waals surface area contributed by atoms with Gasteiger partial charge in [0.05, 0.1) is 6.61 Å². The Morgan fingerprint density at radius 3 is 2.80 bits per heavy atom. The fraction of sp³-hybridized carbons (Fsp3) is 0.429. The van der Waals surface area contributed by atoms with E-state index in [4.69, 9.17) is 4.74 Å². The first-order chi connectivity index (χ1) is 4.70. The van der Waals surface area contributed by atoms with Crippen LogP contribution in [-0.2, 0) is 14.3 Å². The number of rotatable bonds is 4. The highest BCUT2D eigenvalue weighted by Crippen LogP contribution is 1.93. The van der Waals surface area contributed by atoms with E-state index in [0.717, 1.165) is 6.08 Å². The van der Waals surface area contributed by atoms with Gasteiger partial charge in [-0.2, -0.15) is 0 Å². The van der Waals surface area contributed by atoms with Gasteiger partial charge in [-0.25, -0.2) is 4.79 Å².